The Labute approximate surface area is 127 Å². The zero-order chi connectivity index (χ0) is 14.8. The maximum absolute atomic E-state index is 13.0. The lowest BCUT2D eigenvalue weighted by Crippen LogP contribution is -2.37. The molecule has 0 aliphatic heterocycles. The molecule has 0 atom stereocenters. The molecule has 3 nitrogen and oxygen atoms in total. The van der Waals surface area contributed by atoms with E-state index in [0.29, 0.717) is 5.02 Å². The van der Waals surface area contributed by atoms with Gasteiger partial charge in [0.25, 0.3) is 0 Å². The van der Waals surface area contributed by atoms with Crippen LogP contribution in [0.2, 0.25) is 5.02 Å². The van der Waals surface area contributed by atoms with E-state index in [1.807, 2.05) is 0 Å². The van der Waals surface area contributed by atoms with Crippen LogP contribution in [0.15, 0.2) is 18.2 Å². The molecule has 0 radical (unpaired) electrons. The number of hydrogen-bond acceptors (Lipinski definition) is 4. The molecule has 1 aromatic heterocycles. The number of aromatic nitrogens is 2. The van der Waals surface area contributed by atoms with Crippen LogP contribution in [0.5, 0.6) is 0 Å². The van der Waals surface area contributed by atoms with Crippen molar-refractivity contribution in [3.63, 3.8) is 0 Å². The second-order valence-electron chi connectivity index (χ2n) is 5.55. The van der Waals surface area contributed by atoms with E-state index >= 15 is 0 Å². The van der Waals surface area contributed by atoms with E-state index in [1.165, 1.54) is 23.5 Å². The quantitative estimate of drug-likeness (QED) is 0.929. The van der Waals surface area contributed by atoms with E-state index in [4.69, 9.17) is 11.6 Å². The molecule has 0 saturated carbocycles. The zero-order valence-electron chi connectivity index (χ0n) is 11.7. The Kier molecular flexibility index (Phi) is 4.73. The Hall–Kier alpha value is -1.04. The fraction of sp³-hybridized carbons (Fsp3) is 0.429. The topological polar surface area (TPSA) is 37.8 Å². The van der Waals surface area contributed by atoms with Crippen LogP contribution in [0.25, 0.3) is 10.6 Å². The number of nitrogens with one attached hydrogen (secondary N) is 1. The highest BCUT2D eigenvalue weighted by molar-refractivity contribution is 7.14. The maximum Gasteiger partial charge on any atom is 0.149 e. The van der Waals surface area contributed by atoms with E-state index in [1.54, 1.807) is 6.07 Å². The molecule has 0 aliphatic carbocycles. The largest absolute Gasteiger partial charge is 0.312 e. The zero-order valence-corrected chi connectivity index (χ0v) is 13.3. The van der Waals surface area contributed by atoms with Crippen molar-refractivity contribution in [2.75, 3.05) is 6.54 Å². The fourth-order valence-corrected chi connectivity index (χ4v) is 2.86. The monoisotopic (exact) mass is 313 g/mol. The van der Waals surface area contributed by atoms with Gasteiger partial charge in [0, 0.05) is 24.1 Å². The molecule has 0 spiro atoms. The molecule has 0 unspecified atom stereocenters. The Bertz CT molecular complexity index is 592. The molecule has 1 N–H and O–H groups in total. The second kappa shape index (κ2) is 6.16. The average molecular weight is 314 g/mol. The predicted molar refractivity (Wildman–Crippen MR) is 81.8 cm³/mol. The molecule has 1 heterocycles. The SMILES string of the molecule is CC(C)(C)NCCc1nnc(-c2ccc(F)cc2Cl)s1. The van der Waals surface area contributed by atoms with Gasteiger partial charge in [0.2, 0.25) is 0 Å². The highest BCUT2D eigenvalue weighted by Gasteiger charge is 2.12. The molecule has 0 aliphatic rings. The lowest BCUT2D eigenvalue weighted by molar-refractivity contribution is 0.429. The van der Waals surface area contributed by atoms with Crippen molar-refractivity contribution < 1.29 is 4.39 Å². The first-order valence-electron chi connectivity index (χ1n) is 6.38. The Morgan fingerprint density at radius 2 is 2.05 bits per heavy atom. The van der Waals surface area contributed by atoms with Crippen LogP contribution in [0.1, 0.15) is 25.8 Å². The molecule has 6 heteroatoms. The second-order valence-corrected chi connectivity index (χ2v) is 7.02. The molecule has 2 rings (SSSR count). The summed E-state index contributed by atoms with van der Waals surface area (Å²) in [5, 5.41) is 13.7. The smallest absolute Gasteiger partial charge is 0.149 e. The molecule has 20 heavy (non-hydrogen) atoms. The summed E-state index contributed by atoms with van der Waals surface area (Å²) in [6, 6.07) is 4.30. The minimum Gasteiger partial charge on any atom is -0.312 e. The van der Waals surface area contributed by atoms with Crippen molar-refractivity contribution in [1.82, 2.24) is 15.5 Å². The summed E-state index contributed by atoms with van der Waals surface area (Å²) in [6.07, 6.45) is 0.813. The third kappa shape index (κ3) is 4.23. The van der Waals surface area contributed by atoms with Gasteiger partial charge in [-0.15, -0.1) is 10.2 Å². The molecule has 0 bridgehead atoms. The van der Waals surface area contributed by atoms with Gasteiger partial charge in [-0.3, -0.25) is 0 Å². The van der Waals surface area contributed by atoms with Crippen LogP contribution in [0.3, 0.4) is 0 Å². The Balaban J connectivity index is 2.05. The number of nitrogens with zero attached hydrogens (tertiary/aromatic N) is 2. The van der Waals surface area contributed by atoms with Gasteiger partial charge in [-0.05, 0) is 39.0 Å². The summed E-state index contributed by atoms with van der Waals surface area (Å²) in [4.78, 5) is 0. The number of benzene rings is 1. The highest BCUT2D eigenvalue weighted by Crippen LogP contribution is 2.30. The standard InChI is InChI=1S/C14H17ClFN3S/c1-14(2,3)17-7-6-12-18-19-13(20-12)10-5-4-9(16)8-11(10)15/h4-5,8,17H,6-7H2,1-3H3. The molecule has 0 amide bonds. The third-order valence-corrected chi connectivity index (χ3v) is 3.95. The normalized spacial score (nSPS) is 11.8. The summed E-state index contributed by atoms with van der Waals surface area (Å²) in [5.74, 6) is -0.349. The predicted octanol–water partition coefficient (Wildman–Crippen LogP) is 3.93. The van der Waals surface area contributed by atoms with Gasteiger partial charge in [0.1, 0.15) is 15.8 Å². The van der Waals surface area contributed by atoms with Crippen molar-refractivity contribution in [3.8, 4) is 10.6 Å². The highest BCUT2D eigenvalue weighted by atomic mass is 35.5. The molecular weight excluding hydrogens is 297 g/mol. The molecule has 108 valence electrons. The molecule has 0 fully saturated rings. The fourth-order valence-electron chi connectivity index (χ4n) is 1.67. The van der Waals surface area contributed by atoms with Crippen molar-refractivity contribution in [1.29, 1.82) is 0 Å². The van der Waals surface area contributed by atoms with Gasteiger partial charge >= 0.3 is 0 Å². The van der Waals surface area contributed by atoms with Crippen molar-refractivity contribution in [2.45, 2.75) is 32.7 Å². The Morgan fingerprint density at radius 1 is 1.30 bits per heavy atom. The first-order chi connectivity index (χ1) is 9.35. The number of halogens is 2. The minimum atomic E-state index is -0.349. The first kappa shape index (κ1) is 15.4. The van der Waals surface area contributed by atoms with Gasteiger partial charge in [-0.25, -0.2) is 4.39 Å². The Morgan fingerprint density at radius 3 is 2.70 bits per heavy atom. The van der Waals surface area contributed by atoms with Gasteiger partial charge < -0.3 is 5.32 Å². The average Bonchev–Trinajstić information content (AvgIpc) is 2.75. The van der Waals surface area contributed by atoms with Crippen molar-refractivity contribution in [3.05, 3.63) is 34.0 Å². The van der Waals surface area contributed by atoms with Gasteiger partial charge in [-0.1, -0.05) is 22.9 Å². The van der Waals surface area contributed by atoms with E-state index in [2.05, 4.69) is 36.3 Å². The maximum atomic E-state index is 13.0. The van der Waals surface area contributed by atoms with E-state index in [-0.39, 0.29) is 11.4 Å². The van der Waals surface area contributed by atoms with Crippen LogP contribution in [0.4, 0.5) is 4.39 Å². The number of hydrogen-bond donors (Lipinski definition) is 1. The number of rotatable bonds is 4. The van der Waals surface area contributed by atoms with E-state index < -0.39 is 0 Å². The van der Waals surface area contributed by atoms with Crippen LogP contribution < -0.4 is 5.32 Å². The molecule has 2 aromatic rings. The van der Waals surface area contributed by atoms with Gasteiger partial charge in [-0.2, -0.15) is 0 Å². The van der Waals surface area contributed by atoms with Crippen LogP contribution in [-0.2, 0) is 6.42 Å². The summed E-state index contributed by atoms with van der Waals surface area (Å²) >= 11 is 7.51. The van der Waals surface area contributed by atoms with Crippen molar-refractivity contribution >= 4 is 22.9 Å². The van der Waals surface area contributed by atoms with Crippen LogP contribution in [-0.4, -0.2) is 22.3 Å². The van der Waals surface area contributed by atoms with E-state index in [9.17, 15) is 4.39 Å². The van der Waals surface area contributed by atoms with Crippen LogP contribution >= 0.6 is 22.9 Å². The van der Waals surface area contributed by atoms with Gasteiger partial charge in [0.15, 0.2) is 0 Å². The summed E-state index contributed by atoms with van der Waals surface area (Å²) < 4.78 is 13.0. The molecular formula is C14H17ClFN3S. The van der Waals surface area contributed by atoms with Crippen molar-refractivity contribution in [2.24, 2.45) is 0 Å². The summed E-state index contributed by atoms with van der Waals surface area (Å²) in [5.41, 5.74) is 0.814. The summed E-state index contributed by atoms with van der Waals surface area (Å²) in [6.45, 7) is 7.21. The van der Waals surface area contributed by atoms with Crippen LogP contribution in [0, 0.1) is 5.82 Å². The van der Waals surface area contributed by atoms with Gasteiger partial charge in [0.05, 0.1) is 5.02 Å². The third-order valence-electron chi connectivity index (χ3n) is 2.62. The lowest BCUT2D eigenvalue weighted by atomic mass is 10.1. The lowest BCUT2D eigenvalue weighted by Gasteiger charge is -2.19. The first-order valence-corrected chi connectivity index (χ1v) is 7.57. The molecule has 1 aromatic carbocycles. The summed E-state index contributed by atoms with van der Waals surface area (Å²) in [7, 11) is 0. The minimum absolute atomic E-state index is 0.0911. The van der Waals surface area contributed by atoms with E-state index in [0.717, 1.165) is 28.5 Å². The molecule has 0 saturated heterocycles.